The summed E-state index contributed by atoms with van der Waals surface area (Å²) in [6.45, 7) is 0.451. The van der Waals surface area contributed by atoms with Crippen molar-refractivity contribution in [2.24, 2.45) is 0 Å². The third kappa shape index (κ3) is 2.37. The highest BCUT2D eigenvalue weighted by Crippen LogP contribution is 2.37. The normalized spacial score (nSPS) is 13.9. The highest BCUT2D eigenvalue weighted by molar-refractivity contribution is 5.70. The first-order chi connectivity index (χ1) is 12.3. The second-order valence-corrected chi connectivity index (χ2v) is 5.64. The van der Waals surface area contributed by atoms with E-state index in [0.717, 1.165) is 16.9 Å². The number of hydrogen-bond donors (Lipinski definition) is 1. The predicted octanol–water partition coefficient (Wildman–Crippen LogP) is 2.85. The van der Waals surface area contributed by atoms with Gasteiger partial charge in [-0.05, 0) is 36.4 Å². The predicted molar refractivity (Wildman–Crippen MR) is 89.6 cm³/mol. The van der Waals surface area contributed by atoms with Crippen molar-refractivity contribution in [1.82, 2.24) is 9.97 Å². The number of anilines is 1. The van der Waals surface area contributed by atoms with Crippen LogP contribution in [0.15, 0.2) is 42.5 Å². The van der Waals surface area contributed by atoms with Crippen LogP contribution in [0.5, 0.6) is 23.0 Å². The van der Waals surface area contributed by atoms with Gasteiger partial charge in [-0.15, -0.1) is 0 Å². The van der Waals surface area contributed by atoms with E-state index in [1.807, 2.05) is 36.4 Å². The third-order valence-corrected chi connectivity index (χ3v) is 4.05. The van der Waals surface area contributed by atoms with E-state index >= 15 is 0 Å². The van der Waals surface area contributed by atoms with Gasteiger partial charge in [-0.2, -0.15) is 0 Å². The molecule has 0 amide bonds. The maximum atomic E-state index is 6.00. The first-order valence-corrected chi connectivity index (χ1v) is 7.71. The van der Waals surface area contributed by atoms with E-state index in [9.17, 15) is 0 Å². The van der Waals surface area contributed by atoms with E-state index < -0.39 is 0 Å². The number of nitrogen functional groups attached to an aromatic ring is 1. The van der Waals surface area contributed by atoms with Gasteiger partial charge in [-0.25, -0.2) is 9.97 Å². The van der Waals surface area contributed by atoms with Crippen LogP contribution in [0.25, 0.3) is 22.6 Å². The van der Waals surface area contributed by atoms with E-state index in [2.05, 4.69) is 9.97 Å². The van der Waals surface area contributed by atoms with Gasteiger partial charge in [0.1, 0.15) is 5.82 Å². The van der Waals surface area contributed by atoms with Crippen LogP contribution in [0.4, 0.5) is 5.82 Å². The first kappa shape index (κ1) is 13.9. The SMILES string of the molecule is Nc1cc(-c2ccc3c(c2)OCO3)nc(-c2ccc3c(c2)OCO3)n1. The maximum Gasteiger partial charge on any atom is 0.231 e. The molecule has 3 aromatic rings. The Kier molecular flexibility index (Phi) is 2.93. The number of ether oxygens (including phenoxy) is 4. The molecule has 3 heterocycles. The number of hydrogen-bond acceptors (Lipinski definition) is 7. The molecule has 0 unspecified atom stereocenters. The van der Waals surface area contributed by atoms with E-state index in [0.29, 0.717) is 34.6 Å². The van der Waals surface area contributed by atoms with E-state index in [1.165, 1.54) is 0 Å². The topological polar surface area (TPSA) is 88.7 Å². The molecule has 0 spiro atoms. The third-order valence-electron chi connectivity index (χ3n) is 4.05. The van der Waals surface area contributed by atoms with Crippen molar-refractivity contribution in [3.63, 3.8) is 0 Å². The molecule has 0 aliphatic carbocycles. The van der Waals surface area contributed by atoms with E-state index in [1.54, 1.807) is 6.07 Å². The minimum absolute atomic E-state index is 0.221. The fraction of sp³-hybridized carbons (Fsp3) is 0.111. The molecule has 2 N–H and O–H groups in total. The van der Waals surface area contributed by atoms with Crippen LogP contribution >= 0.6 is 0 Å². The number of rotatable bonds is 2. The summed E-state index contributed by atoms with van der Waals surface area (Å²) >= 11 is 0. The average Bonchev–Trinajstić information content (AvgIpc) is 3.28. The van der Waals surface area contributed by atoms with Crippen LogP contribution in [-0.2, 0) is 0 Å². The fourth-order valence-corrected chi connectivity index (χ4v) is 2.83. The van der Waals surface area contributed by atoms with Crippen molar-refractivity contribution in [3.8, 4) is 45.6 Å². The van der Waals surface area contributed by atoms with E-state index in [-0.39, 0.29) is 13.6 Å². The zero-order valence-electron chi connectivity index (χ0n) is 13.1. The van der Waals surface area contributed by atoms with Crippen LogP contribution in [0, 0.1) is 0 Å². The number of fused-ring (bicyclic) bond motifs is 2. The molecule has 2 aliphatic heterocycles. The molecule has 5 rings (SSSR count). The highest BCUT2D eigenvalue weighted by Gasteiger charge is 2.17. The lowest BCUT2D eigenvalue weighted by atomic mass is 10.1. The van der Waals surface area contributed by atoms with Gasteiger partial charge in [0.05, 0.1) is 5.69 Å². The summed E-state index contributed by atoms with van der Waals surface area (Å²) in [5.41, 5.74) is 8.38. The van der Waals surface area contributed by atoms with Crippen LogP contribution in [0.3, 0.4) is 0 Å². The summed E-state index contributed by atoms with van der Waals surface area (Å²) in [5.74, 6) is 3.71. The van der Waals surface area contributed by atoms with Gasteiger partial charge in [-0.1, -0.05) is 0 Å². The number of nitrogens with two attached hydrogens (primary N) is 1. The largest absolute Gasteiger partial charge is 0.454 e. The summed E-state index contributed by atoms with van der Waals surface area (Å²) in [6, 6.07) is 13.0. The Morgan fingerprint density at radius 3 is 2.00 bits per heavy atom. The van der Waals surface area contributed by atoms with Crippen LogP contribution < -0.4 is 24.7 Å². The Hall–Kier alpha value is -3.48. The zero-order chi connectivity index (χ0) is 16.8. The van der Waals surface area contributed by atoms with Gasteiger partial charge >= 0.3 is 0 Å². The maximum absolute atomic E-state index is 6.00. The van der Waals surface area contributed by atoms with Crippen molar-refractivity contribution in [2.45, 2.75) is 0 Å². The molecule has 25 heavy (non-hydrogen) atoms. The summed E-state index contributed by atoms with van der Waals surface area (Å²) in [7, 11) is 0. The molecule has 0 saturated heterocycles. The van der Waals surface area contributed by atoms with Crippen molar-refractivity contribution in [1.29, 1.82) is 0 Å². The van der Waals surface area contributed by atoms with Crippen molar-refractivity contribution in [2.75, 3.05) is 19.3 Å². The van der Waals surface area contributed by atoms with Crippen LogP contribution in [0.2, 0.25) is 0 Å². The summed E-state index contributed by atoms with van der Waals surface area (Å²) in [6.07, 6.45) is 0. The summed E-state index contributed by atoms with van der Waals surface area (Å²) in [4.78, 5) is 8.98. The number of nitrogens with zero attached hydrogens (tertiary/aromatic N) is 2. The Morgan fingerprint density at radius 2 is 1.28 bits per heavy atom. The summed E-state index contributed by atoms with van der Waals surface area (Å²) < 4.78 is 21.5. The van der Waals surface area contributed by atoms with Crippen molar-refractivity contribution >= 4 is 5.82 Å². The molecule has 2 aliphatic rings. The van der Waals surface area contributed by atoms with Crippen molar-refractivity contribution in [3.05, 3.63) is 42.5 Å². The molecule has 1 aromatic heterocycles. The molecule has 124 valence electrons. The van der Waals surface area contributed by atoms with Gasteiger partial charge in [0.15, 0.2) is 28.8 Å². The lowest BCUT2D eigenvalue weighted by Crippen LogP contribution is -1.98. The van der Waals surface area contributed by atoms with Gasteiger partial charge in [0.2, 0.25) is 13.6 Å². The molecule has 7 nitrogen and oxygen atoms in total. The average molecular weight is 335 g/mol. The lowest BCUT2D eigenvalue weighted by Gasteiger charge is -2.08. The second kappa shape index (κ2) is 5.27. The number of aromatic nitrogens is 2. The first-order valence-electron chi connectivity index (χ1n) is 7.71. The smallest absolute Gasteiger partial charge is 0.231 e. The highest BCUT2D eigenvalue weighted by atomic mass is 16.7. The Labute approximate surface area is 142 Å². The van der Waals surface area contributed by atoms with Crippen LogP contribution in [0.1, 0.15) is 0 Å². The number of benzene rings is 2. The van der Waals surface area contributed by atoms with Gasteiger partial charge in [-0.3, -0.25) is 0 Å². The Bertz CT molecular complexity index is 914. The lowest BCUT2D eigenvalue weighted by molar-refractivity contribution is 0.173. The minimum atomic E-state index is 0.221. The van der Waals surface area contributed by atoms with Crippen LogP contribution in [-0.4, -0.2) is 23.6 Å². The molecular formula is C18H13N3O4. The molecule has 0 radical (unpaired) electrons. The van der Waals surface area contributed by atoms with Gasteiger partial charge in [0.25, 0.3) is 0 Å². The van der Waals surface area contributed by atoms with Crippen molar-refractivity contribution < 1.29 is 18.9 Å². The minimum Gasteiger partial charge on any atom is -0.454 e. The molecule has 0 fully saturated rings. The molecule has 0 saturated carbocycles. The fourth-order valence-electron chi connectivity index (χ4n) is 2.83. The monoisotopic (exact) mass is 335 g/mol. The Balaban J connectivity index is 1.58. The Morgan fingerprint density at radius 1 is 0.680 bits per heavy atom. The molecule has 7 heteroatoms. The molecule has 0 atom stereocenters. The second-order valence-electron chi connectivity index (χ2n) is 5.64. The van der Waals surface area contributed by atoms with E-state index in [4.69, 9.17) is 24.7 Å². The molecule has 2 aromatic carbocycles. The zero-order valence-corrected chi connectivity index (χ0v) is 13.1. The standard InChI is InChI=1S/C18H13N3O4/c19-17-7-12(10-1-3-13-15(5-10)24-8-22-13)20-18(21-17)11-2-4-14-16(6-11)25-9-23-14/h1-7H,8-9H2,(H2,19,20,21). The van der Waals surface area contributed by atoms with Gasteiger partial charge < -0.3 is 24.7 Å². The van der Waals surface area contributed by atoms with Gasteiger partial charge in [0, 0.05) is 17.2 Å². The molecule has 0 bridgehead atoms. The quantitative estimate of drug-likeness (QED) is 0.770. The summed E-state index contributed by atoms with van der Waals surface area (Å²) in [5, 5.41) is 0. The molecular weight excluding hydrogens is 322 g/mol.